The summed E-state index contributed by atoms with van der Waals surface area (Å²) in [6.07, 6.45) is 53.2. The van der Waals surface area contributed by atoms with Gasteiger partial charge in [0.1, 0.15) is 13.2 Å². The summed E-state index contributed by atoms with van der Waals surface area (Å²) in [5.74, 6) is -0.981. The topological polar surface area (TPSA) is 78.9 Å². The lowest BCUT2D eigenvalue weighted by atomic mass is 10.1. The van der Waals surface area contributed by atoms with Gasteiger partial charge in [-0.3, -0.25) is 14.4 Å². The molecule has 0 aliphatic rings. The van der Waals surface area contributed by atoms with E-state index in [1.807, 2.05) is 0 Å². The molecule has 0 fully saturated rings. The lowest BCUT2D eigenvalue weighted by Crippen LogP contribution is -2.30. The van der Waals surface area contributed by atoms with Gasteiger partial charge in [-0.05, 0) is 83.5 Å². The fourth-order valence-electron chi connectivity index (χ4n) is 5.79. The molecule has 0 aromatic heterocycles. The number of ether oxygens (including phenoxy) is 3. The molecule has 0 N–H and O–H groups in total. The van der Waals surface area contributed by atoms with Crippen molar-refractivity contribution < 1.29 is 28.6 Å². The van der Waals surface area contributed by atoms with Crippen molar-refractivity contribution in [2.75, 3.05) is 13.2 Å². The minimum atomic E-state index is -0.798. The summed E-state index contributed by atoms with van der Waals surface area (Å²) >= 11 is 0. The molecule has 0 heterocycles. The van der Waals surface area contributed by atoms with Crippen molar-refractivity contribution in [2.24, 2.45) is 0 Å². The van der Waals surface area contributed by atoms with Crippen LogP contribution in [0.25, 0.3) is 0 Å². The first-order valence-corrected chi connectivity index (χ1v) is 22.5. The second-order valence-electron chi connectivity index (χ2n) is 14.7. The highest BCUT2D eigenvalue weighted by molar-refractivity contribution is 5.71. The lowest BCUT2D eigenvalue weighted by molar-refractivity contribution is -0.167. The number of unbranched alkanes of at least 4 members (excludes halogenated alkanes) is 19. The molecule has 1 unspecified atom stereocenters. The van der Waals surface area contributed by atoms with Gasteiger partial charge in [-0.1, -0.05) is 171 Å². The highest BCUT2D eigenvalue weighted by Gasteiger charge is 2.19. The Morgan fingerprint density at radius 1 is 0.364 bits per heavy atom. The Bertz CT molecular complexity index is 1070. The van der Waals surface area contributed by atoms with E-state index < -0.39 is 6.10 Å². The third kappa shape index (κ3) is 41.8. The van der Waals surface area contributed by atoms with Gasteiger partial charge in [0.2, 0.25) is 0 Å². The Labute approximate surface area is 338 Å². The molecule has 0 bridgehead atoms. The lowest BCUT2D eigenvalue weighted by Gasteiger charge is -2.18. The summed E-state index contributed by atoms with van der Waals surface area (Å²) < 4.78 is 16.6. The van der Waals surface area contributed by atoms with E-state index >= 15 is 0 Å². The van der Waals surface area contributed by atoms with E-state index in [1.54, 1.807) is 0 Å². The maximum Gasteiger partial charge on any atom is 0.306 e. The highest BCUT2D eigenvalue weighted by atomic mass is 16.6. The second kappa shape index (κ2) is 43.6. The molecule has 0 spiro atoms. The van der Waals surface area contributed by atoms with Crippen molar-refractivity contribution in [3.05, 3.63) is 72.9 Å². The zero-order valence-electron chi connectivity index (χ0n) is 35.7. The van der Waals surface area contributed by atoms with Crippen LogP contribution in [0.15, 0.2) is 72.9 Å². The third-order valence-corrected chi connectivity index (χ3v) is 9.25. The van der Waals surface area contributed by atoms with Crippen molar-refractivity contribution in [2.45, 2.75) is 207 Å². The van der Waals surface area contributed by atoms with Crippen LogP contribution in [-0.2, 0) is 28.6 Å². The molecule has 0 aliphatic heterocycles. The molecule has 0 saturated carbocycles. The average Bonchev–Trinajstić information content (AvgIpc) is 3.18. The molecule has 0 amide bonds. The van der Waals surface area contributed by atoms with Gasteiger partial charge in [0.15, 0.2) is 6.10 Å². The van der Waals surface area contributed by atoms with E-state index in [9.17, 15) is 14.4 Å². The standard InChI is InChI=1S/C49H82O6/c1-4-7-10-13-16-19-21-22-23-24-25-26-27-28-31-33-36-39-42-48(51)54-45-46(44-53-47(50)41-38-35-32-29-18-15-12-9-6-3)55-49(52)43-40-37-34-30-20-17-14-11-8-5-2/h14,16-17,19,21-26,29,32,46H,4-13,15,18,20,27-28,30-31,33-45H2,1-3H3/b17-14-,19-16-,22-21-,24-23-,26-25-,32-29-. The normalized spacial score (nSPS) is 12.7. The van der Waals surface area contributed by atoms with Gasteiger partial charge < -0.3 is 14.2 Å². The van der Waals surface area contributed by atoms with Crippen LogP contribution in [-0.4, -0.2) is 37.2 Å². The van der Waals surface area contributed by atoms with E-state index in [2.05, 4.69) is 93.7 Å². The molecule has 0 aromatic rings. The molecule has 6 nitrogen and oxygen atoms in total. The smallest absolute Gasteiger partial charge is 0.306 e. The first-order chi connectivity index (χ1) is 27.0. The van der Waals surface area contributed by atoms with Gasteiger partial charge in [-0.25, -0.2) is 0 Å². The monoisotopic (exact) mass is 767 g/mol. The van der Waals surface area contributed by atoms with Crippen LogP contribution in [0.4, 0.5) is 0 Å². The van der Waals surface area contributed by atoms with Gasteiger partial charge >= 0.3 is 17.9 Å². The molecule has 0 radical (unpaired) electrons. The van der Waals surface area contributed by atoms with Gasteiger partial charge in [0.25, 0.3) is 0 Å². The summed E-state index contributed by atoms with van der Waals surface area (Å²) in [7, 11) is 0. The Hall–Kier alpha value is -3.15. The summed E-state index contributed by atoms with van der Waals surface area (Å²) in [4.78, 5) is 37.6. The molecule has 0 aliphatic carbocycles. The van der Waals surface area contributed by atoms with Crippen LogP contribution in [0.5, 0.6) is 0 Å². The maximum absolute atomic E-state index is 12.7. The number of hydrogen-bond donors (Lipinski definition) is 0. The molecular weight excluding hydrogens is 685 g/mol. The van der Waals surface area contributed by atoms with E-state index in [0.717, 1.165) is 96.3 Å². The molecule has 1 atom stereocenters. The first kappa shape index (κ1) is 51.9. The van der Waals surface area contributed by atoms with Gasteiger partial charge in [-0.15, -0.1) is 0 Å². The first-order valence-electron chi connectivity index (χ1n) is 22.5. The zero-order valence-corrected chi connectivity index (χ0v) is 35.7. The predicted molar refractivity (Wildman–Crippen MR) is 233 cm³/mol. The Balaban J connectivity index is 4.41. The van der Waals surface area contributed by atoms with Crippen molar-refractivity contribution >= 4 is 17.9 Å². The number of rotatable bonds is 39. The van der Waals surface area contributed by atoms with Crippen LogP contribution in [0, 0.1) is 0 Å². The minimum absolute atomic E-state index is 0.102. The van der Waals surface area contributed by atoms with Crippen LogP contribution in [0.3, 0.4) is 0 Å². The van der Waals surface area contributed by atoms with Crippen LogP contribution >= 0.6 is 0 Å². The molecular formula is C49H82O6. The fraction of sp³-hybridized carbons (Fsp3) is 0.694. The van der Waals surface area contributed by atoms with Crippen LogP contribution in [0.1, 0.15) is 201 Å². The summed E-state index contributed by atoms with van der Waals surface area (Å²) in [6, 6.07) is 0. The van der Waals surface area contributed by atoms with E-state index in [4.69, 9.17) is 14.2 Å². The van der Waals surface area contributed by atoms with Crippen molar-refractivity contribution in [1.29, 1.82) is 0 Å². The number of carbonyl (C=O) groups excluding carboxylic acids is 3. The average molecular weight is 767 g/mol. The highest BCUT2D eigenvalue weighted by Crippen LogP contribution is 2.12. The molecule has 6 heteroatoms. The number of esters is 3. The van der Waals surface area contributed by atoms with E-state index in [0.29, 0.717) is 25.7 Å². The summed E-state index contributed by atoms with van der Waals surface area (Å²) in [6.45, 7) is 6.44. The van der Waals surface area contributed by atoms with Crippen LogP contribution < -0.4 is 0 Å². The summed E-state index contributed by atoms with van der Waals surface area (Å²) in [5, 5.41) is 0. The maximum atomic E-state index is 12.7. The third-order valence-electron chi connectivity index (χ3n) is 9.25. The van der Waals surface area contributed by atoms with Crippen molar-refractivity contribution in [3.63, 3.8) is 0 Å². The minimum Gasteiger partial charge on any atom is -0.462 e. The molecule has 0 rings (SSSR count). The Morgan fingerprint density at radius 2 is 0.709 bits per heavy atom. The van der Waals surface area contributed by atoms with Gasteiger partial charge in [0, 0.05) is 19.3 Å². The molecule has 0 aromatic carbocycles. The quantitative estimate of drug-likeness (QED) is 0.0204. The number of allylic oxidation sites excluding steroid dienone is 12. The number of hydrogen-bond acceptors (Lipinski definition) is 6. The van der Waals surface area contributed by atoms with Crippen LogP contribution in [0.2, 0.25) is 0 Å². The summed E-state index contributed by atoms with van der Waals surface area (Å²) in [5.41, 5.74) is 0. The van der Waals surface area contributed by atoms with E-state index in [-0.39, 0.29) is 31.1 Å². The zero-order chi connectivity index (χ0) is 40.1. The fourth-order valence-corrected chi connectivity index (χ4v) is 5.79. The largest absolute Gasteiger partial charge is 0.462 e. The van der Waals surface area contributed by atoms with Crippen molar-refractivity contribution in [1.82, 2.24) is 0 Å². The SMILES string of the molecule is CCCC/C=C\CCCCCCC(=O)OC(COC(=O)CCC/C=C\CCCCCC)COC(=O)CCCCCCC\C=C/C=C\C=C/C=C\CCCCC. The molecule has 314 valence electrons. The Morgan fingerprint density at radius 3 is 1.24 bits per heavy atom. The van der Waals surface area contributed by atoms with E-state index in [1.165, 1.54) is 57.8 Å². The second-order valence-corrected chi connectivity index (χ2v) is 14.7. The molecule has 0 saturated heterocycles. The predicted octanol–water partition coefficient (Wildman–Crippen LogP) is 14.3. The van der Waals surface area contributed by atoms with Gasteiger partial charge in [0.05, 0.1) is 0 Å². The van der Waals surface area contributed by atoms with Gasteiger partial charge in [-0.2, -0.15) is 0 Å². The molecule has 55 heavy (non-hydrogen) atoms. The Kier molecular flexibility index (Phi) is 41.1. The number of carbonyl (C=O) groups is 3. The van der Waals surface area contributed by atoms with Crippen molar-refractivity contribution in [3.8, 4) is 0 Å².